The van der Waals surface area contributed by atoms with Crippen LogP contribution in [-0.4, -0.2) is 13.2 Å². The lowest BCUT2D eigenvalue weighted by atomic mass is 10.1. The second-order valence-corrected chi connectivity index (χ2v) is 3.36. The number of hydrogen-bond acceptors (Lipinski definition) is 2. The summed E-state index contributed by atoms with van der Waals surface area (Å²) in [6.07, 6.45) is 2.34. The van der Waals surface area contributed by atoms with E-state index in [2.05, 4.69) is 30.4 Å². The van der Waals surface area contributed by atoms with Crippen LogP contribution < -0.4 is 10.1 Å². The van der Waals surface area contributed by atoms with E-state index in [9.17, 15) is 0 Å². The molecule has 1 aliphatic heterocycles. The van der Waals surface area contributed by atoms with Gasteiger partial charge in [0, 0.05) is 6.54 Å². The van der Waals surface area contributed by atoms with Crippen LogP contribution in [0.2, 0.25) is 0 Å². The molecule has 1 aliphatic rings. The molecule has 1 aromatic carbocycles. The molecule has 0 aromatic heterocycles. The third-order valence-corrected chi connectivity index (χ3v) is 2.26. The lowest BCUT2D eigenvalue weighted by Gasteiger charge is -2.19. The minimum absolute atomic E-state index is 0.778. The first kappa shape index (κ1) is 8.42. The average Bonchev–Trinajstić information content (AvgIpc) is 2.18. The van der Waals surface area contributed by atoms with Gasteiger partial charge in [-0.1, -0.05) is 19.4 Å². The van der Waals surface area contributed by atoms with E-state index in [1.807, 2.05) is 0 Å². The first-order valence-electron chi connectivity index (χ1n) is 4.90. The van der Waals surface area contributed by atoms with E-state index >= 15 is 0 Å². The molecule has 0 saturated carbocycles. The van der Waals surface area contributed by atoms with Crippen LogP contribution in [0.25, 0.3) is 0 Å². The highest BCUT2D eigenvalue weighted by atomic mass is 16.5. The van der Waals surface area contributed by atoms with Gasteiger partial charge < -0.3 is 10.1 Å². The normalized spacial score (nSPS) is 14.2. The minimum Gasteiger partial charge on any atom is -0.490 e. The molecule has 2 rings (SSSR count). The molecular weight excluding hydrogens is 162 g/mol. The first-order valence-corrected chi connectivity index (χ1v) is 4.90. The van der Waals surface area contributed by atoms with Crippen molar-refractivity contribution in [2.75, 3.05) is 18.5 Å². The molecular formula is C11H15NO. The Bertz CT molecular complexity index is 296. The number of fused-ring (bicyclic) bond motifs is 1. The summed E-state index contributed by atoms with van der Waals surface area (Å²) in [5.41, 5.74) is 2.54. The van der Waals surface area contributed by atoms with Gasteiger partial charge in [-0.15, -0.1) is 0 Å². The lowest BCUT2D eigenvalue weighted by molar-refractivity contribution is 0.323. The van der Waals surface area contributed by atoms with Gasteiger partial charge in [0.2, 0.25) is 0 Å². The van der Waals surface area contributed by atoms with Crippen LogP contribution in [0.5, 0.6) is 5.75 Å². The van der Waals surface area contributed by atoms with Gasteiger partial charge in [-0.25, -0.2) is 0 Å². The quantitative estimate of drug-likeness (QED) is 0.749. The van der Waals surface area contributed by atoms with E-state index in [-0.39, 0.29) is 0 Å². The predicted octanol–water partition coefficient (Wildman–Crippen LogP) is 2.44. The predicted molar refractivity (Wildman–Crippen MR) is 54.4 cm³/mol. The molecule has 1 aromatic rings. The zero-order chi connectivity index (χ0) is 9.10. The Morgan fingerprint density at radius 3 is 3.23 bits per heavy atom. The molecule has 0 unspecified atom stereocenters. The van der Waals surface area contributed by atoms with E-state index in [0.717, 1.165) is 31.0 Å². The number of rotatable bonds is 2. The Morgan fingerprint density at radius 2 is 2.38 bits per heavy atom. The molecule has 13 heavy (non-hydrogen) atoms. The number of anilines is 1. The molecule has 2 nitrogen and oxygen atoms in total. The first-order chi connectivity index (χ1) is 6.40. The number of aryl methyl sites for hydroxylation is 1. The SMILES string of the molecule is CCCc1ccc2c(c1)NCCO2. The van der Waals surface area contributed by atoms with Crippen LogP contribution in [0.4, 0.5) is 5.69 Å². The van der Waals surface area contributed by atoms with Gasteiger partial charge in [0.25, 0.3) is 0 Å². The lowest BCUT2D eigenvalue weighted by Crippen LogP contribution is -2.17. The fourth-order valence-corrected chi connectivity index (χ4v) is 1.63. The minimum atomic E-state index is 0.778. The molecule has 0 fully saturated rings. The summed E-state index contributed by atoms with van der Waals surface area (Å²) >= 11 is 0. The second-order valence-electron chi connectivity index (χ2n) is 3.36. The number of hydrogen-bond donors (Lipinski definition) is 1. The zero-order valence-corrected chi connectivity index (χ0v) is 7.97. The summed E-state index contributed by atoms with van der Waals surface area (Å²) < 4.78 is 5.49. The highest BCUT2D eigenvalue weighted by molar-refractivity contribution is 5.59. The second kappa shape index (κ2) is 3.69. The maximum Gasteiger partial charge on any atom is 0.142 e. The summed E-state index contributed by atoms with van der Waals surface area (Å²) in [6, 6.07) is 6.40. The molecule has 0 atom stereocenters. The highest BCUT2D eigenvalue weighted by Crippen LogP contribution is 2.28. The smallest absolute Gasteiger partial charge is 0.142 e. The van der Waals surface area contributed by atoms with Crippen LogP contribution in [-0.2, 0) is 6.42 Å². The third-order valence-electron chi connectivity index (χ3n) is 2.26. The van der Waals surface area contributed by atoms with Crippen molar-refractivity contribution < 1.29 is 4.74 Å². The third kappa shape index (κ3) is 1.77. The molecule has 0 saturated heterocycles. The topological polar surface area (TPSA) is 21.3 Å². The average molecular weight is 177 g/mol. The monoisotopic (exact) mass is 177 g/mol. The van der Waals surface area contributed by atoms with E-state index in [4.69, 9.17) is 4.74 Å². The van der Waals surface area contributed by atoms with Gasteiger partial charge in [0.1, 0.15) is 12.4 Å². The zero-order valence-electron chi connectivity index (χ0n) is 7.97. The number of nitrogens with one attached hydrogen (secondary N) is 1. The standard InChI is InChI=1S/C11H15NO/c1-2-3-9-4-5-11-10(8-9)12-6-7-13-11/h4-5,8,12H,2-3,6-7H2,1H3. The van der Waals surface area contributed by atoms with Crippen molar-refractivity contribution in [2.45, 2.75) is 19.8 Å². The van der Waals surface area contributed by atoms with Gasteiger partial charge in [-0.2, -0.15) is 0 Å². The van der Waals surface area contributed by atoms with Crippen molar-refractivity contribution in [1.82, 2.24) is 0 Å². The van der Waals surface area contributed by atoms with E-state index in [1.54, 1.807) is 0 Å². The van der Waals surface area contributed by atoms with E-state index in [0.29, 0.717) is 0 Å². The fourth-order valence-electron chi connectivity index (χ4n) is 1.63. The van der Waals surface area contributed by atoms with Crippen molar-refractivity contribution in [3.8, 4) is 5.75 Å². The van der Waals surface area contributed by atoms with Crippen molar-refractivity contribution in [2.24, 2.45) is 0 Å². The van der Waals surface area contributed by atoms with Gasteiger partial charge in [0.15, 0.2) is 0 Å². The van der Waals surface area contributed by atoms with Crippen molar-refractivity contribution in [3.05, 3.63) is 23.8 Å². The maximum atomic E-state index is 5.49. The Balaban J connectivity index is 2.24. The molecule has 1 heterocycles. The van der Waals surface area contributed by atoms with Gasteiger partial charge in [0.05, 0.1) is 5.69 Å². The van der Waals surface area contributed by atoms with Gasteiger partial charge >= 0.3 is 0 Å². The van der Waals surface area contributed by atoms with Gasteiger partial charge in [-0.05, 0) is 24.1 Å². The summed E-state index contributed by atoms with van der Waals surface area (Å²) in [7, 11) is 0. The summed E-state index contributed by atoms with van der Waals surface area (Å²) in [4.78, 5) is 0. The van der Waals surface area contributed by atoms with E-state index < -0.39 is 0 Å². The van der Waals surface area contributed by atoms with Crippen LogP contribution in [0, 0.1) is 0 Å². The number of benzene rings is 1. The summed E-state index contributed by atoms with van der Waals surface area (Å²) in [5.74, 6) is 0.992. The maximum absolute atomic E-state index is 5.49. The summed E-state index contributed by atoms with van der Waals surface area (Å²) in [6.45, 7) is 3.89. The van der Waals surface area contributed by atoms with E-state index in [1.165, 1.54) is 12.0 Å². The molecule has 0 spiro atoms. The van der Waals surface area contributed by atoms with Crippen molar-refractivity contribution in [3.63, 3.8) is 0 Å². The van der Waals surface area contributed by atoms with Crippen LogP contribution in [0.3, 0.4) is 0 Å². The number of ether oxygens (including phenoxy) is 1. The fraction of sp³-hybridized carbons (Fsp3) is 0.455. The Hall–Kier alpha value is -1.18. The van der Waals surface area contributed by atoms with Crippen molar-refractivity contribution in [1.29, 1.82) is 0 Å². The Morgan fingerprint density at radius 1 is 1.46 bits per heavy atom. The largest absolute Gasteiger partial charge is 0.490 e. The summed E-state index contributed by atoms with van der Waals surface area (Å²) in [5, 5.41) is 3.34. The highest BCUT2D eigenvalue weighted by Gasteiger charge is 2.08. The van der Waals surface area contributed by atoms with Crippen LogP contribution in [0.15, 0.2) is 18.2 Å². The molecule has 70 valence electrons. The molecule has 0 aliphatic carbocycles. The van der Waals surface area contributed by atoms with Crippen LogP contribution >= 0.6 is 0 Å². The molecule has 0 bridgehead atoms. The molecule has 0 radical (unpaired) electrons. The van der Waals surface area contributed by atoms with Crippen molar-refractivity contribution >= 4 is 5.69 Å². The molecule has 1 N–H and O–H groups in total. The van der Waals surface area contributed by atoms with Gasteiger partial charge in [-0.3, -0.25) is 0 Å². The van der Waals surface area contributed by atoms with Crippen LogP contribution in [0.1, 0.15) is 18.9 Å². The molecule has 2 heteroatoms. The Labute approximate surface area is 78.9 Å². The molecule has 0 amide bonds. The Kier molecular flexibility index (Phi) is 2.39.